The quantitative estimate of drug-likeness (QED) is 0.813. The molecule has 3 heterocycles. The minimum absolute atomic E-state index is 0.175. The first-order chi connectivity index (χ1) is 10.6. The maximum atomic E-state index is 12.5. The van der Waals surface area contributed by atoms with E-state index in [9.17, 15) is 8.42 Å². The average Bonchev–Trinajstić information content (AvgIpc) is 3.10. The molecule has 1 unspecified atom stereocenters. The second-order valence-corrected chi connectivity index (χ2v) is 8.05. The second kappa shape index (κ2) is 4.88. The fourth-order valence-electron chi connectivity index (χ4n) is 3.05. The summed E-state index contributed by atoms with van der Waals surface area (Å²) in [4.78, 5) is 8.39. The van der Waals surface area contributed by atoms with E-state index in [1.165, 1.54) is 6.33 Å². The maximum absolute atomic E-state index is 12.5. The van der Waals surface area contributed by atoms with Gasteiger partial charge in [-0.05, 0) is 19.8 Å². The predicted octanol–water partition coefficient (Wildman–Crippen LogP) is 0.392. The topological polar surface area (TPSA) is 85.9 Å². The van der Waals surface area contributed by atoms with Gasteiger partial charge in [0.1, 0.15) is 18.5 Å². The molecule has 2 aliphatic rings. The lowest BCUT2D eigenvalue weighted by Crippen LogP contribution is -2.43. The lowest BCUT2D eigenvalue weighted by molar-refractivity contribution is 0.272. The molecule has 1 saturated carbocycles. The van der Waals surface area contributed by atoms with Crippen molar-refractivity contribution in [3.63, 3.8) is 0 Å². The van der Waals surface area contributed by atoms with Gasteiger partial charge in [-0.15, -0.1) is 0 Å². The van der Waals surface area contributed by atoms with Crippen molar-refractivity contribution in [2.45, 2.75) is 44.1 Å². The van der Waals surface area contributed by atoms with Crippen molar-refractivity contribution in [1.29, 1.82) is 0 Å². The summed E-state index contributed by atoms with van der Waals surface area (Å²) in [5.41, 5.74) is 1.02. The van der Waals surface area contributed by atoms with E-state index in [2.05, 4.69) is 19.6 Å². The zero-order chi connectivity index (χ0) is 15.3. The third-order valence-electron chi connectivity index (χ3n) is 4.38. The smallest absolute Gasteiger partial charge is 0.217 e. The summed E-state index contributed by atoms with van der Waals surface area (Å²) >= 11 is 0. The summed E-state index contributed by atoms with van der Waals surface area (Å²) < 4.78 is 30.5. The van der Waals surface area contributed by atoms with Crippen molar-refractivity contribution in [2.24, 2.45) is 0 Å². The third-order valence-corrected chi connectivity index (χ3v) is 6.85. The fourth-order valence-corrected chi connectivity index (χ4v) is 5.04. The Morgan fingerprint density at radius 2 is 2.14 bits per heavy atom. The Balaban J connectivity index is 1.62. The molecule has 1 fully saturated rings. The van der Waals surface area contributed by atoms with Crippen molar-refractivity contribution in [2.75, 3.05) is 6.54 Å². The Morgan fingerprint density at radius 1 is 1.32 bits per heavy atom. The summed E-state index contributed by atoms with van der Waals surface area (Å²) in [7, 11) is -3.17. The summed E-state index contributed by atoms with van der Waals surface area (Å²) in [6.45, 7) is 3.65. The normalized spacial score (nSPS) is 22.7. The van der Waals surface area contributed by atoms with Crippen LogP contribution in [0.25, 0.3) is 0 Å². The Kier molecular flexibility index (Phi) is 3.08. The summed E-state index contributed by atoms with van der Waals surface area (Å²) in [5.74, 6) is 0.811. The molecule has 2 aromatic heterocycles. The predicted molar refractivity (Wildman–Crippen MR) is 78.4 cm³/mol. The standard InChI is InChI=1S/C13H18N6O2S/c1-10-13-15-6-11(7-17-9-14-8-16-17)18(13)4-5-19(10)22(20,21)12-2-3-12/h6,8-10,12H,2-5,7H2,1H3. The first-order valence-electron chi connectivity index (χ1n) is 7.45. The minimum Gasteiger partial charge on any atom is -0.328 e. The zero-order valence-electron chi connectivity index (χ0n) is 12.3. The van der Waals surface area contributed by atoms with E-state index < -0.39 is 10.0 Å². The lowest BCUT2D eigenvalue weighted by atomic mass is 10.2. The van der Waals surface area contributed by atoms with E-state index in [4.69, 9.17) is 0 Å². The van der Waals surface area contributed by atoms with Crippen molar-refractivity contribution < 1.29 is 8.42 Å². The van der Waals surface area contributed by atoms with Crippen molar-refractivity contribution in [3.8, 4) is 0 Å². The van der Waals surface area contributed by atoms with Gasteiger partial charge in [-0.25, -0.2) is 23.1 Å². The monoisotopic (exact) mass is 322 g/mol. The van der Waals surface area contributed by atoms with Crippen molar-refractivity contribution in [1.82, 2.24) is 28.6 Å². The number of fused-ring (bicyclic) bond motifs is 1. The molecule has 0 radical (unpaired) electrons. The number of hydrogen-bond acceptors (Lipinski definition) is 5. The lowest BCUT2D eigenvalue weighted by Gasteiger charge is -2.33. The van der Waals surface area contributed by atoms with Crippen LogP contribution >= 0.6 is 0 Å². The van der Waals surface area contributed by atoms with E-state index in [1.54, 1.807) is 21.5 Å². The molecule has 8 nitrogen and oxygen atoms in total. The molecule has 0 aromatic carbocycles. The second-order valence-electron chi connectivity index (χ2n) is 5.88. The molecular weight excluding hydrogens is 304 g/mol. The molecule has 0 amide bonds. The van der Waals surface area contributed by atoms with Crippen molar-refractivity contribution >= 4 is 10.0 Å². The van der Waals surface area contributed by atoms with Crippen LogP contribution in [-0.4, -0.2) is 48.8 Å². The molecule has 118 valence electrons. The Bertz CT molecular complexity index is 778. The van der Waals surface area contributed by atoms with Gasteiger partial charge in [-0.3, -0.25) is 0 Å². The van der Waals surface area contributed by atoms with Gasteiger partial charge in [-0.2, -0.15) is 9.40 Å². The van der Waals surface area contributed by atoms with E-state index in [1.807, 2.05) is 6.92 Å². The number of imidazole rings is 1. The van der Waals surface area contributed by atoms with Crippen LogP contribution in [0.2, 0.25) is 0 Å². The van der Waals surface area contributed by atoms with Crippen LogP contribution in [0.15, 0.2) is 18.9 Å². The number of aromatic nitrogens is 5. The minimum atomic E-state index is -3.17. The van der Waals surface area contributed by atoms with Gasteiger partial charge in [0.25, 0.3) is 0 Å². The highest BCUT2D eigenvalue weighted by Gasteiger charge is 2.44. The molecule has 4 rings (SSSR count). The highest BCUT2D eigenvalue weighted by atomic mass is 32.2. The van der Waals surface area contributed by atoms with Crippen molar-refractivity contribution in [3.05, 3.63) is 30.4 Å². The van der Waals surface area contributed by atoms with Crippen LogP contribution in [0, 0.1) is 0 Å². The molecule has 0 saturated heterocycles. The Hall–Kier alpha value is -1.74. The SMILES string of the molecule is CC1c2ncc(Cn3cncn3)n2CCN1S(=O)(=O)C1CC1. The van der Waals surface area contributed by atoms with Gasteiger partial charge in [-0.1, -0.05) is 0 Å². The first kappa shape index (κ1) is 13.9. The van der Waals surface area contributed by atoms with Crippen LogP contribution in [0.1, 0.15) is 37.3 Å². The number of rotatable bonds is 4. The van der Waals surface area contributed by atoms with Crippen LogP contribution in [-0.2, 0) is 23.1 Å². The van der Waals surface area contributed by atoms with E-state index in [-0.39, 0.29) is 11.3 Å². The van der Waals surface area contributed by atoms with E-state index in [0.717, 1.165) is 24.4 Å². The summed E-state index contributed by atoms with van der Waals surface area (Å²) in [6.07, 6.45) is 6.55. The third kappa shape index (κ3) is 2.15. The molecule has 0 bridgehead atoms. The Morgan fingerprint density at radius 3 is 2.82 bits per heavy atom. The van der Waals surface area contributed by atoms with Gasteiger partial charge < -0.3 is 4.57 Å². The van der Waals surface area contributed by atoms with Crippen LogP contribution < -0.4 is 0 Å². The molecule has 1 aliphatic carbocycles. The van der Waals surface area contributed by atoms with Gasteiger partial charge in [0.2, 0.25) is 10.0 Å². The van der Waals surface area contributed by atoms with Crippen LogP contribution in [0.5, 0.6) is 0 Å². The van der Waals surface area contributed by atoms with E-state index in [0.29, 0.717) is 19.6 Å². The molecule has 22 heavy (non-hydrogen) atoms. The number of nitrogens with zero attached hydrogens (tertiary/aromatic N) is 6. The van der Waals surface area contributed by atoms with Crippen LogP contribution in [0.4, 0.5) is 0 Å². The summed E-state index contributed by atoms with van der Waals surface area (Å²) in [5, 5.41) is 3.93. The van der Waals surface area contributed by atoms with Gasteiger partial charge in [0, 0.05) is 13.1 Å². The molecule has 1 atom stereocenters. The molecule has 0 spiro atoms. The highest BCUT2D eigenvalue weighted by Crippen LogP contribution is 2.36. The zero-order valence-corrected chi connectivity index (χ0v) is 13.1. The summed E-state index contributed by atoms with van der Waals surface area (Å²) in [6, 6.07) is -0.219. The van der Waals surface area contributed by atoms with Gasteiger partial charge in [0.15, 0.2) is 0 Å². The fraction of sp³-hybridized carbons (Fsp3) is 0.615. The largest absolute Gasteiger partial charge is 0.328 e. The Labute approximate surface area is 128 Å². The number of hydrogen-bond donors (Lipinski definition) is 0. The molecule has 0 N–H and O–H groups in total. The number of sulfonamides is 1. The van der Waals surface area contributed by atoms with E-state index >= 15 is 0 Å². The first-order valence-corrected chi connectivity index (χ1v) is 8.95. The van der Waals surface area contributed by atoms with Gasteiger partial charge >= 0.3 is 0 Å². The average molecular weight is 322 g/mol. The molecule has 9 heteroatoms. The molecule has 1 aliphatic heterocycles. The highest BCUT2D eigenvalue weighted by molar-refractivity contribution is 7.90. The molecular formula is C13H18N6O2S. The van der Waals surface area contributed by atoms with Crippen LogP contribution in [0.3, 0.4) is 0 Å². The van der Waals surface area contributed by atoms with Gasteiger partial charge in [0.05, 0.1) is 29.7 Å². The molecule has 2 aromatic rings. The maximum Gasteiger partial charge on any atom is 0.217 e.